The fraction of sp³-hybridized carbons (Fsp3) is 0.211. The summed E-state index contributed by atoms with van der Waals surface area (Å²) in [5.41, 5.74) is 2.24. The van der Waals surface area contributed by atoms with Crippen molar-refractivity contribution in [1.82, 2.24) is 0 Å². The number of anilines is 1. The number of hydrogen-bond donors (Lipinski definition) is 1. The quantitative estimate of drug-likeness (QED) is 0.609. The molecular formula is C19H21NO2. The first-order chi connectivity index (χ1) is 10.8. The van der Waals surface area contributed by atoms with E-state index in [1.807, 2.05) is 54.6 Å². The van der Waals surface area contributed by atoms with Gasteiger partial charge in [-0.3, -0.25) is 0 Å². The van der Waals surface area contributed by atoms with Crippen LogP contribution in [-0.4, -0.2) is 12.6 Å². The number of ether oxygens (including phenoxy) is 1. The van der Waals surface area contributed by atoms with Crippen molar-refractivity contribution >= 4 is 11.7 Å². The Morgan fingerprint density at radius 3 is 2.36 bits per heavy atom. The maximum atomic E-state index is 11.4. The first-order valence-corrected chi connectivity index (χ1v) is 7.49. The van der Waals surface area contributed by atoms with E-state index in [9.17, 15) is 4.79 Å². The van der Waals surface area contributed by atoms with E-state index in [1.165, 1.54) is 11.6 Å². The van der Waals surface area contributed by atoms with Crippen molar-refractivity contribution in [3.8, 4) is 0 Å². The van der Waals surface area contributed by atoms with Crippen molar-refractivity contribution in [2.75, 3.05) is 11.9 Å². The average molecular weight is 295 g/mol. The topological polar surface area (TPSA) is 38.3 Å². The van der Waals surface area contributed by atoms with Crippen LogP contribution in [0.4, 0.5) is 5.69 Å². The zero-order chi connectivity index (χ0) is 15.6. The molecule has 0 aliphatic rings. The molecule has 0 heterocycles. The molecule has 0 saturated heterocycles. The molecule has 2 aromatic rings. The highest BCUT2D eigenvalue weighted by atomic mass is 16.5. The molecule has 0 saturated carbocycles. The Bertz CT molecular complexity index is 593. The highest BCUT2D eigenvalue weighted by Gasteiger charge is 2.09. The molecule has 1 atom stereocenters. The van der Waals surface area contributed by atoms with Crippen LogP contribution in [0.3, 0.4) is 0 Å². The second-order valence-electron chi connectivity index (χ2n) is 4.86. The summed E-state index contributed by atoms with van der Waals surface area (Å²) < 4.78 is 4.90. The van der Waals surface area contributed by atoms with Crippen LogP contribution < -0.4 is 5.32 Å². The Kier molecular flexibility index (Phi) is 6.24. The number of para-hydroxylation sites is 1. The van der Waals surface area contributed by atoms with Crippen LogP contribution in [0.2, 0.25) is 0 Å². The van der Waals surface area contributed by atoms with Crippen LogP contribution in [0.1, 0.15) is 24.9 Å². The summed E-state index contributed by atoms with van der Waals surface area (Å²) in [6, 6.07) is 20.4. The lowest BCUT2D eigenvalue weighted by Gasteiger charge is -2.19. The van der Waals surface area contributed by atoms with Crippen molar-refractivity contribution in [1.29, 1.82) is 0 Å². The van der Waals surface area contributed by atoms with E-state index in [2.05, 4.69) is 17.4 Å². The second-order valence-corrected chi connectivity index (χ2v) is 4.86. The largest absolute Gasteiger partial charge is 0.463 e. The number of nitrogens with one attached hydrogen (secondary N) is 1. The summed E-state index contributed by atoms with van der Waals surface area (Å²) in [6.45, 7) is 2.20. The summed E-state index contributed by atoms with van der Waals surface area (Å²) in [5.74, 6) is -0.297. The lowest BCUT2D eigenvalue weighted by Crippen LogP contribution is -2.10. The van der Waals surface area contributed by atoms with Crippen LogP contribution in [0.5, 0.6) is 0 Å². The van der Waals surface area contributed by atoms with Gasteiger partial charge in [-0.15, -0.1) is 0 Å². The monoisotopic (exact) mass is 295 g/mol. The molecule has 2 rings (SSSR count). The minimum Gasteiger partial charge on any atom is -0.463 e. The van der Waals surface area contributed by atoms with E-state index in [-0.39, 0.29) is 12.0 Å². The molecule has 0 aromatic heterocycles. The van der Waals surface area contributed by atoms with Gasteiger partial charge < -0.3 is 10.1 Å². The third kappa shape index (κ3) is 5.09. The smallest absolute Gasteiger partial charge is 0.330 e. The molecule has 3 nitrogen and oxygen atoms in total. The average Bonchev–Trinajstić information content (AvgIpc) is 2.56. The number of benzene rings is 2. The lowest BCUT2D eigenvalue weighted by atomic mass is 10.0. The Labute approximate surface area is 131 Å². The van der Waals surface area contributed by atoms with E-state index in [0.29, 0.717) is 13.0 Å². The van der Waals surface area contributed by atoms with Crippen molar-refractivity contribution in [3.63, 3.8) is 0 Å². The fourth-order valence-corrected chi connectivity index (χ4v) is 2.19. The first kappa shape index (κ1) is 15.8. The third-order valence-corrected chi connectivity index (χ3v) is 3.23. The molecule has 0 fully saturated rings. The van der Waals surface area contributed by atoms with Crippen LogP contribution in [0.25, 0.3) is 0 Å². The molecule has 1 unspecified atom stereocenters. The van der Waals surface area contributed by atoms with Crippen molar-refractivity contribution in [3.05, 3.63) is 78.4 Å². The molecule has 0 amide bonds. The van der Waals surface area contributed by atoms with Gasteiger partial charge in [-0.05, 0) is 31.0 Å². The number of rotatable bonds is 7. The zero-order valence-electron chi connectivity index (χ0n) is 12.7. The van der Waals surface area contributed by atoms with Gasteiger partial charge in [0.15, 0.2) is 0 Å². The third-order valence-electron chi connectivity index (χ3n) is 3.23. The van der Waals surface area contributed by atoms with E-state index in [0.717, 1.165) is 5.69 Å². The minimum atomic E-state index is -0.297. The molecule has 0 aliphatic heterocycles. The minimum absolute atomic E-state index is 0.106. The van der Waals surface area contributed by atoms with Gasteiger partial charge in [0.1, 0.15) is 0 Å². The van der Waals surface area contributed by atoms with Crippen LogP contribution in [0.15, 0.2) is 72.8 Å². The molecule has 0 radical (unpaired) electrons. The highest BCUT2D eigenvalue weighted by molar-refractivity contribution is 5.81. The molecule has 1 N–H and O–H groups in total. The number of hydrogen-bond acceptors (Lipinski definition) is 3. The second kappa shape index (κ2) is 8.67. The lowest BCUT2D eigenvalue weighted by molar-refractivity contribution is -0.137. The van der Waals surface area contributed by atoms with Crippen molar-refractivity contribution < 1.29 is 9.53 Å². The molecule has 0 bridgehead atoms. The van der Waals surface area contributed by atoms with Gasteiger partial charge in [0.2, 0.25) is 0 Å². The molecule has 3 heteroatoms. The Morgan fingerprint density at radius 2 is 1.73 bits per heavy atom. The number of carbonyl (C=O) groups excluding carboxylic acids is 1. The standard InChI is InChI=1S/C19H21NO2/c1-2-22-19(21)15-9-14-18(16-10-5-3-6-11-16)20-17-12-7-4-8-13-17/h3-13,15,18,20H,2,14H2,1H3/b15-9+. The summed E-state index contributed by atoms with van der Waals surface area (Å²) >= 11 is 0. The van der Waals surface area contributed by atoms with Gasteiger partial charge in [0.05, 0.1) is 12.6 Å². The normalized spacial score (nSPS) is 12.0. The Balaban J connectivity index is 2.07. The van der Waals surface area contributed by atoms with Gasteiger partial charge in [-0.2, -0.15) is 0 Å². The van der Waals surface area contributed by atoms with E-state index >= 15 is 0 Å². The fourth-order valence-electron chi connectivity index (χ4n) is 2.19. The molecule has 2 aromatic carbocycles. The Hall–Kier alpha value is -2.55. The van der Waals surface area contributed by atoms with Gasteiger partial charge in [0.25, 0.3) is 0 Å². The molecule has 0 aliphatic carbocycles. The number of esters is 1. The van der Waals surface area contributed by atoms with Gasteiger partial charge >= 0.3 is 5.97 Å². The summed E-state index contributed by atoms with van der Waals surface area (Å²) in [4.78, 5) is 11.4. The maximum absolute atomic E-state index is 11.4. The van der Waals surface area contributed by atoms with Crippen molar-refractivity contribution in [2.45, 2.75) is 19.4 Å². The van der Waals surface area contributed by atoms with Crippen LogP contribution in [0, 0.1) is 0 Å². The van der Waals surface area contributed by atoms with Gasteiger partial charge in [-0.1, -0.05) is 54.6 Å². The maximum Gasteiger partial charge on any atom is 0.330 e. The van der Waals surface area contributed by atoms with Gasteiger partial charge in [-0.25, -0.2) is 4.79 Å². The molecule has 114 valence electrons. The molecular weight excluding hydrogens is 274 g/mol. The molecule has 22 heavy (non-hydrogen) atoms. The van der Waals surface area contributed by atoms with Crippen molar-refractivity contribution in [2.24, 2.45) is 0 Å². The predicted octanol–water partition coefficient (Wildman–Crippen LogP) is 4.35. The first-order valence-electron chi connectivity index (χ1n) is 7.49. The number of carbonyl (C=O) groups is 1. The van der Waals surface area contributed by atoms with Crippen LogP contribution in [-0.2, 0) is 9.53 Å². The van der Waals surface area contributed by atoms with Gasteiger partial charge in [0, 0.05) is 11.8 Å². The molecule has 0 spiro atoms. The summed E-state index contributed by atoms with van der Waals surface area (Å²) in [6.07, 6.45) is 4.05. The SMILES string of the molecule is CCOC(=O)/C=C/CC(Nc1ccccc1)c1ccccc1. The van der Waals surface area contributed by atoms with E-state index < -0.39 is 0 Å². The zero-order valence-corrected chi connectivity index (χ0v) is 12.7. The summed E-state index contributed by atoms with van der Waals surface area (Å²) in [5, 5.41) is 3.50. The van der Waals surface area contributed by atoms with E-state index in [1.54, 1.807) is 6.92 Å². The van der Waals surface area contributed by atoms with E-state index in [4.69, 9.17) is 4.74 Å². The highest BCUT2D eigenvalue weighted by Crippen LogP contribution is 2.22. The predicted molar refractivity (Wildman–Crippen MR) is 89.6 cm³/mol. The Morgan fingerprint density at radius 1 is 1.09 bits per heavy atom. The van der Waals surface area contributed by atoms with Crippen LogP contribution >= 0.6 is 0 Å². The summed E-state index contributed by atoms with van der Waals surface area (Å²) in [7, 11) is 0.